The fourth-order valence-corrected chi connectivity index (χ4v) is 4.96. The van der Waals surface area contributed by atoms with Crippen molar-refractivity contribution in [1.29, 1.82) is 0 Å². The summed E-state index contributed by atoms with van der Waals surface area (Å²) in [5.41, 5.74) is 1.02. The molecule has 1 aliphatic carbocycles. The van der Waals surface area contributed by atoms with Gasteiger partial charge in [-0.25, -0.2) is 0 Å². The standard InChI is InChI=1S/C22H31F3N2O2/c23-22(24,25)29-18-7-5-17(6-8-18)13-27-14-19-20(15-27)21(19)16-28-12-4-11-26-9-2-1-3-10-26/h5-8,19-21H,1-4,9-16H2/t19-,20+,21+. The van der Waals surface area contributed by atoms with Crippen LogP contribution in [0.1, 0.15) is 31.2 Å². The van der Waals surface area contributed by atoms with Crippen LogP contribution in [-0.4, -0.2) is 62.1 Å². The van der Waals surface area contributed by atoms with Gasteiger partial charge in [-0.2, -0.15) is 0 Å². The van der Waals surface area contributed by atoms with Crippen LogP contribution in [0.5, 0.6) is 5.75 Å². The fourth-order valence-electron chi connectivity index (χ4n) is 4.96. The number of ether oxygens (including phenoxy) is 2. The first-order valence-electron chi connectivity index (χ1n) is 10.8. The monoisotopic (exact) mass is 412 g/mol. The average molecular weight is 412 g/mol. The van der Waals surface area contributed by atoms with Crippen LogP contribution in [0, 0.1) is 17.8 Å². The topological polar surface area (TPSA) is 24.9 Å². The number of nitrogens with zero attached hydrogens (tertiary/aromatic N) is 2. The van der Waals surface area contributed by atoms with Gasteiger partial charge in [0.2, 0.25) is 0 Å². The van der Waals surface area contributed by atoms with Crippen LogP contribution in [0.15, 0.2) is 24.3 Å². The molecule has 7 heteroatoms. The Bertz CT molecular complexity index is 634. The number of likely N-dealkylation sites (tertiary alicyclic amines) is 2. The van der Waals surface area contributed by atoms with Crippen molar-refractivity contribution in [2.75, 3.05) is 45.9 Å². The zero-order chi connectivity index (χ0) is 20.3. The van der Waals surface area contributed by atoms with E-state index in [1.807, 2.05) is 0 Å². The zero-order valence-electron chi connectivity index (χ0n) is 16.9. The molecule has 0 bridgehead atoms. The van der Waals surface area contributed by atoms with E-state index in [2.05, 4.69) is 14.5 Å². The maximum atomic E-state index is 12.2. The summed E-state index contributed by atoms with van der Waals surface area (Å²) in [5, 5.41) is 0. The third kappa shape index (κ3) is 6.09. The lowest BCUT2D eigenvalue weighted by Gasteiger charge is -2.26. The van der Waals surface area contributed by atoms with Gasteiger partial charge in [-0.15, -0.1) is 13.2 Å². The van der Waals surface area contributed by atoms with Gasteiger partial charge in [0.25, 0.3) is 0 Å². The summed E-state index contributed by atoms with van der Waals surface area (Å²) >= 11 is 0. The number of alkyl halides is 3. The lowest BCUT2D eigenvalue weighted by atomic mass is 10.1. The highest BCUT2D eigenvalue weighted by Gasteiger charge is 2.55. The smallest absolute Gasteiger partial charge is 0.406 e. The molecule has 1 saturated carbocycles. The van der Waals surface area contributed by atoms with Crippen molar-refractivity contribution in [2.45, 2.75) is 38.6 Å². The second kappa shape index (κ2) is 9.23. The number of halogens is 3. The predicted octanol–water partition coefficient (Wildman–Crippen LogP) is 4.16. The number of piperidine rings is 2. The highest BCUT2D eigenvalue weighted by Crippen LogP contribution is 2.52. The Kier molecular flexibility index (Phi) is 6.66. The lowest BCUT2D eigenvalue weighted by Crippen LogP contribution is -2.31. The second-order valence-electron chi connectivity index (χ2n) is 8.71. The zero-order valence-corrected chi connectivity index (χ0v) is 16.9. The molecule has 3 atom stereocenters. The van der Waals surface area contributed by atoms with Crippen LogP contribution in [0.2, 0.25) is 0 Å². The van der Waals surface area contributed by atoms with Gasteiger partial charge in [-0.1, -0.05) is 18.6 Å². The number of fused-ring (bicyclic) bond motifs is 1. The molecular formula is C22H31F3N2O2. The van der Waals surface area contributed by atoms with E-state index in [9.17, 15) is 13.2 Å². The summed E-state index contributed by atoms with van der Waals surface area (Å²) in [6, 6.07) is 6.21. The highest BCUT2D eigenvalue weighted by molar-refractivity contribution is 5.27. The van der Waals surface area contributed by atoms with E-state index in [1.165, 1.54) is 44.5 Å². The minimum atomic E-state index is -4.64. The van der Waals surface area contributed by atoms with Crippen molar-refractivity contribution < 1.29 is 22.6 Å². The van der Waals surface area contributed by atoms with Crippen LogP contribution >= 0.6 is 0 Å². The highest BCUT2D eigenvalue weighted by atomic mass is 19.4. The molecule has 0 unspecified atom stereocenters. The third-order valence-corrected chi connectivity index (χ3v) is 6.53. The minimum absolute atomic E-state index is 0.164. The van der Waals surface area contributed by atoms with E-state index in [1.54, 1.807) is 12.1 Å². The fraction of sp³-hybridized carbons (Fsp3) is 0.727. The van der Waals surface area contributed by atoms with Gasteiger partial charge in [0.05, 0.1) is 6.61 Å². The van der Waals surface area contributed by atoms with Crippen LogP contribution in [-0.2, 0) is 11.3 Å². The summed E-state index contributed by atoms with van der Waals surface area (Å²) in [4.78, 5) is 4.94. The van der Waals surface area contributed by atoms with Gasteiger partial charge in [0, 0.05) is 32.8 Å². The number of hydrogen-bond donors (Lipinski definition) is 0. The molecule has 0 N–H and O–H groups in total. The second-order valence-corrected chi connectivity index (χ2v) is 8.71. The molecule has 0 spiro atoms. The Morgan fingerprint density at radius 1 is 0.931 bits per heavy atom. The Morgan fingerprint density at radius 3 is 2.28 bits per heavy atom. The van der Waals surface area contributed by atoms with Crippen molar-refractivity contribution in [3.05, 3.63) is 29.8 Å². The van der Waals surface area contributed by atoms with E-state index < -0.39 is 6.36 Å². The van der Waals surface area contributed by atoms with E-state index in [-0.39, 0.29) is 5.75 Å². The molecule has 2 saturated heterocycles. The molecule has 29 heavy (non-hydrogen) atoms. The molecule has 4 nitrogen and oxygen atoms in total. The van der Waals surface area contributed by atoms with Gasteiger partial charge in [0.15, 0.2) is 0 Å². The molecule has 0 amide bonds. The molecule has 2 aliphatic heterocycles. The molecule has 0 radical (unpaired) electrons. The first kappa shape index (κ1) is 20.9. The lowest BCUT2D eigenvalue weighted by molar-refractivity contribution is -0.274. The summed E-state index contributed by atoms with van der Waals surface area (Å²) in [7, 11) is 0. The summed E-state index contributed by atoms with van der Waals surface area (Å²) in [6.07, 6.45) is 0.555. The molecule has 1 aromatic rings. The van der Waals surface area contributed by atoms with Crippen LogP contribution in [0.4, 0.5) is 13.2 Å². The van der Waals surface area contributed by atoms with E-state index in [0.29, 0.717) is 5.92 Å². The Balaban J connectivity index is 1.08. The van der Waals surface area contributed by atoms with E-state index in [0.717, 1.165) is 63.2 Å². The molecule has 3 fully saturated rings. The van der Waals surface area contributed by atoms with E-state index >= 15 is 0 Å². The first-order valence-corrected chi connectivity index (χ1v) is 10.8. The van der Waals surface area contributed by atoms with Gasteiger partial charge in [0.1, 0.15) is 5.75 Å². The maximum absolute atomic E-state index is 12.2. The van der Waals surface area contributed by atoms with Gasteiger partial charge < -0.3 is 14.4 Å². The number of hydrogen-bond acceptors (Lipinski definition) is 4. The van der Waals surface area contributed by atoms with Crippen molar-refractivity contribution in [3.8, 4) is 5.75 Å². The molecular weight excluding hydrogens is 381 g/mol. The molecule has 4 rings (SSSR count). The average Bonchev–Trinajstić information content (AvgIpc) is 3.14. The maximum Gasteiger partial charge on any atom is 0.573 e. The Labute approximate surface area is 170 Å². The van der Waals surface area contributed by atoms with Crippen molar-refractivity contribution >= 4 is 0 Å². The summed E-state index contributed by atoms with van der Waals surface area (Å²) < 4.78 is 46.5. The molecule has 162 valence electrons. The SMILES string of the molecule is FC(F)(F)Oc1ccc(CN2C[C@@H]3[C@@H](COCCCN4CCCCC4)[C@@H]3C2)cc1. The van der Waals surface area contributed by atoms with Crippen LogP contribution in [0.3, 0.4) is 0 Å². The van der Waals surface area contributed by atoms with Crippen molar-refractivity contribution in [2.24, 2.45) is 17.8 Å². The molecule has 0 aromatic heterocycles. The van der Waals surface area contributed by atoms with Crippen LogP contribution < -0.4 is 4.74 Å². The Hall–Kier alpha value is -1.31. The first-order chi connectivity index (χ1) is 14.0. The summed E-state index contributed by atoms with van der Waals surface area (Å²) in [6.45, 7) is 8.32. The van der Waals surface area contributed by atoms with Gasteiger partial charge >= 0.3 is 6.36 Å². The molecule has 3 aliphatic rings. The van der Waals surface area contributed by atoms with Crippen LogP contribution in [0.25, 0.3) is 0 Å². The third-order valence-electron chi connectivity index (χ3n) is 6.53. The minimum Gasteiger partial charge on any atom is -0.406 e. The molecule has 1 aromatic carbocycles. The van der Waals surface area contributed by atoms with E-state index in [4.69, 9.17) is 4.74 Å². The summed E-state index contributed by atoms with van der Waals surface area (Å²) in [5.74, 6) is 1.99. The number of benzene rings is 1. The van der Waals surface area contributed by atoms with Gasteiger partial charge in [-0.05, 0) is 67.8 Å². The predicted molar refractivity (Wildman–Crippen MR) is 105 cm³/mol. The quantitative estimate of drug-likeness (QED) is 0.569. The number of rotatable bonds is 9. The van der Waals surface area contributed by atoms with Gasteiger partial charge in [-0.3, -0.25) is 4.90 Å². The van der Waals surface area contributed by atoms with Crippen molar-refractivity contribution in [3.63, 3.8) is 0 Å². The molecule has 2 heterocycles. The largest absolute Gasteiger partial charge is 0.573 e. The van der Waals surface area contributed by atoms with Crippen molar-refractivity contribution in [1.82, 2.24) is 9.80 Å². The normalized spacial score (nSPS) is 27.8. The Morgan fingerprint density at radius 2 is 1.62 bits per heavy atom.